The van der Waals surface area contributed by atoms with E-state index in [0.717, 1.165) is 62.2 Å². The van der Waals surface area contributed by atoms with Crippen molar-refractivity contribution in [3.8, 4) is 28.3 Å². The van der Waals surface area contributed by atoms with Crippen molar-refractivity contribution in [2.45, 2.75) is 77.8 Å². The summed E-state index contributed by atoms with van der Waals surface area (Å²) in [6.45, 7) is 8.65. The number of aromatic nitrogens is 3. The molecule has 5 heterocycles. The Balaban J connectivity index is 1.18. The van der Waals surface area contributed by atoms with Crippen LogP contribution in [0.15, 0.2) is 54.7 Å². The van der Waals surface area contributed by atoms with Gasteiger partial charge in [-0.3, -0.25) is 14.5 Å². The van der Waals surface area contributed by atoms with Gasteiger partial charge in [-0.05, 0) is 87.4 Å². The number of fused-ring (bicyclic) bond motifs is 3. The molecule has 2 atom stereocenters. The van der Waals surface area contributed by atoms with E-state index in [1.54, 1.807) is 44.7 Å². The Morgan fingerprint density at radius 1 is 1.08 bits per heavy atom. The summed E-state index contributed by atoms with van der Waals surface area (Å²) in [6.07, 6.45) is 1.50. The molecule has 3 aliphatic rings. The first-order valence-electron chi connectivity index (χ1n) is 17.9. The van der Waals surface area contributed by atoms with Crippen LogP contribution in [-0.4, -0.2) is 84.9 Å². The summed E-state index contributed by atoms with van der Waals surface area (Å²) in [5, 5.41) is 19.0. The summed E-state index contributed by atoms with van der Waals surface area (Å²) < 4.78 is 25.0. The van der Waals surface area contributed by atoms with Gasteiger partial charge in [-0.25, -0.2) is 13.7 Å². The number of carboxylic acid groups (broad SMARTS) is 1. The number of alkyl halides is 1. The quantitative estimate of drug-likeness (QED) is 0.190. The fourth-order valence-corrected chi connectivity index (χ4v) is 8.12. The van der Waals surface area contributed by atoms with Gasteiger partial charge in [0.1, 0.15) is 23.1 Å². The number of benzene rings is 2. The van der Waals surface area contributed by atoms with Crippen molar-refractivity contribution in [1.82, 2.24) is 29.3 Å². The van der Waals surface area contributed by atoms with Crippen LogP contribution in [0.25, 0.3) is 38.9 Å². The number of aryl methyl sites for hydroxylation is 1. The van der Waals surface area contributed by atoms with Crippen LogP contribution in [-0.2, 0) is 13.1 Å². The van der Waals surface area contributed by atoms with E-state index in [-0.39, 0.29) is 31.0 Å². The van der Waals surface area contributed by atoms with E-state index in [1.807, 2.05) is 19.1 Å². The van der Waals surface area contributed by atoms with Gasteiger partial charge < -0.3 is 24.6 Å². The van der Waals surface area contributed by atoms with E-state index in [9.17, 15) is 19.5 Å². The highest BCUT2D eigenvalue weighted by molar-refractivity contribution is 6.00. The first-order chi connectivity index (χ1) is 24.8. The van der Waals surface area contributed by atoms with Crippen molar-refractivity contribution < 1.29 is 28.6 Å². The molecule has 3 amide bonds. The molecule has 0 bridgehead atoms. The lowest BCUT2D eigenvalue weighted by Gasteiger charge is -2.45. The molecule has 3 aromatic heterocycles. The van der Waals surface area contributed by atoms with Crippen molar-refractivity contribution >= 4 is 34.3 Å². The first kappa shape index (κ1) is 33.7. The monoisotopic (exact) mass is 706 g/mol. The van der Waals surface area contributed by atoms with Gasteiger partial charge in [0.2, 0.25) is 0 Å². The number of halogens is 1. The molecule has 11 nitrogen and oxygen atoms in total. The number of piperidine rings is 1. The molecule has 5 aromatic rings. The minimum atomic E-state index is -1.37. The summed E-state index contributed by atoms with van der Waals surface area (Å²) in [6, 6.07) is 15.6. The van der Waals surface area contributed by atoms with Gasteiger partial charge in [0, 0.05) is 59.8 Å². The fourth-order valence-electron chi connectivity index (χ4n) is 8.12. The predicted molar refractivity (Wildman–Crippen MR) is 196 cm³/mol. The Kier molecular flexibility index (Phi) is 8.03. The number of amides is 3. The molecular formula is C40H43FN6O5. The largest absolute Gasteiger partial charge is 0.494 e. The van der Waals surface area contributed by atoms with E-state index >= 15 is 4.39 Å². The topological polar surface area (TPSA) is 121 Å². The van der Waals surface area contributed by atoms with E-state index in [1.165, 1.54) is 22.6 Å². The SMILES string of the molecule is COc1cc(C(=O)N2C[C@H](F)C[C@@H](N(C(=O)O)C(C)(C)C)C2)cn2nc(-c3cc4ccc(-c5ccc6c(c5)C(=O)NC6)cc4n3CC3CC3)c(C)c12. The molecule has 52 heavy (non-hydrogen) atoms. The van der Waals surface area contributed by atoms with Crippen LogP contribution >= 0.6 is 0 Å². The third-order valence-electron chi connectivity index (χ3n) is 10.8. The maximum absolute atomic E-state index is 15.1. The third-order valence-corrected chi connectivity index (χ3v) is 10.8. The molecule has 1 saturated heterocycles. The van der Waals surface area contributed by atoms with Gasteiger partial charge in [-0.2, -0.15) is 5.10 Å². The highest BCUT2D eigenvalue weighted by atomic mass is 19.1. The number of hydrogen-bond acceptors (Lipinski definition) is 5. The number of pyridine rings is 1. The average Bonchev–Trinajstić information content (AvgIpc) is 3.63. The van der Waals surface area contributed by atoms with Crippen LogP contribution in [0.4, 0.5) is 9.18 Å². The molecule has 2 aliphatic heterocycles. The van der Waals surface area contributed by atoms with Crippen LogP contribution in [0.2, 0.25) is 0 Å². The molecule has 270 valence electrons. The molecular weight excluding hydrogens is 663 g/mol. The average molecular weight is 707 g/mol. The third kappa shape index (κ3) is 5.83. The Morgan fingerprint density at radius 2 is 1.83 bits per heavy atom. The van der Waals surface area contributed by atoms with Gasteiger partial charge in [0.15, 0.2) is 0 Å². The lowest BCUT2D eigenvalue weighted by molar-refractivity contribution is 0.0125. The molecule has 0 radical (unpaired) electrons. The zero-order chi connectivity index (χ0) is 36.6. The predicted octanol–water partition coefficient (Wildman–Crippen LogP) is 6.92. The molecule has 1 aliphatic carbocycles. The Bertz CT molecular complexity index is 2280. The molecule has 2 aromatic carbocycles. The second kappa shape index (κ2) is 12.4. The highest BCUT2D eigenvalue weighted by Gasteiger charge is 2.40. The Morgan fingerprint density at radius 3 is 2.54 bits per heavy atom. The number of methoxy groups -OCH3 is 1. The number of hydrogen-bond donors (Lipinski definition) is 2. The first-order valence-corrected chi connectivity index (χ1v) is 17.9. The number of ether oxygens (including phenoxy) is 1. The standard InChI is InChI=1S/C40H43FN6O5/c1-22-35(33-14-26-10-8-25(13-32(26)45(33)18-23-6-7-23)24-9-11-27-17-42-37(48)31(27)12-24)43-46-19-28(15-34(52-5)36(22)46)38(49)44-20-29(41)16-30(21-44)47(39(50)51)40(2,3)4/h8-15,19,23,29-30H,6-7,16-18,20-21H2,1-5H3,(H,42,48)(H,50,51)/t29-,30-/m1/s1. The molecule has 2 N–H and O–H groups in total. The number of nitrogens with one attached hydrogen (secondary N) is 1. The summed E-state index contributed by atoms with van der Waals surface area (Å²) in [4.78, 5) is 41.3. The van der Waals surface area contributed by atoms with Crippen molar-refractivity contribution in [3.63, 3.8) is 0 Å². The van der Waals surface area contributed by atoms with Crippen LogP contribution in [0.1, 0.15) is 71.9 Å². The lowest BCUT2D eigenvalue weighted by atomic mass is 9.96. The van der Waals surface area contributed by atoms with E-state index in [2.05, 4.69) is 40.2 Å². The lowest BCUT2D eigenvalue weighted by Crippen LogP contribution is -2.59. The number of likely N-dealkylation sites (tertiary alicyclic amines) is 1. The summed E-state index contributed by atoms with van der Waals surface area (Å²) in [5.74, 6) is 0.570. The minimum absolute atomic E-state index is 0.0260. The zero-order valence-corrected chi connectivity index (χ0v) is 30.1. The second-order valence-corrected chi connectivity index (χ2v) is 15.5. The normalized spacial score (nSPS) is 18.9. The van der Waals surface area contributed by atoms with E-state index < -0.39 is 29.8 Å². The van der Waals surface area contributed by atoms with E-state index in [4.69, 9.17) is 9.84 Å². The second-order valence-electron chi connectivity index (χ2n) is 15.5. The van der Waals surface area contributed by atoms with Gasteiger partial charge in [-0.15, -0.1) is 0 Å². The van der Waals surface area contributed by atoms with Crippen LogP contribution in [0.5, 0.6) is 5.75 Å². The maximum Gasteiger partial charge on any atom is 0.408 e. The fraction of sp³-hybridized carbons (Fsp3) is 0.400. The molecule has 8 rings (SSSR count). The van der Waals surface area contributed by atoms with Crippen LogP contribution in [0.3, 0.4) is 0 Å². The van der Waals surface area contributed by atoms with Crippen molar-refractivity contribution in [2.75, 3.05) is 20.2 Å². The number of carbonyl (C=O) groups excluding carboxylic acids is 2. The zero-order valence-electron chi connectivity index (χ0n) is 30.1. The number of rotatable bonds is 7. The number of nitrogens with zero attached hydrogens (tertiary/aromatic N) is 5. The molecule has 2 fully saturated rings. The van der Waals surface area contributed by atoms with Gasteiger partial charge in [0.25, 0.3) is 11.8 Å². The molecule has 0 unspecified atom stereocenters. The van der Waals surface area contributed by atoms with Gasteiger partial charge in [-0.1, -0.05) is 24.3 Å². The van der Waals surface area contributed by atoms with Gasteiger partial charge >= 0.3 is 6.09 Å². The smallest absolute Gasteiger partial charge is 0.408 e. The van der Waals surface area contributed by atoms with Crippen LogP contribution in [0, 0.1) is 12.8 Å². The summed E-state index contributed by atoms with van der Waals surface area (Å²) in [7, 11) is 1.55. The van der Waals surface area contributed by atoms with Crippen LogP contribution < -0.4 is 10.1 Å². The Hall–Kier alpha value is -5.39. The number of carbonyl (C=O) groups is 3. The van der Waals surface area contributed by atoms with Crippen molar-refractivity contribution in [1.29, 1.82) is 0 Å². The highest BCUT2D eigenvalue weighted by Crippen LogP contribution is 2.40. The van der Waals surface area contributed by atoms with E-state index in [0.29, 0.717) is 18.2 Å². The molecule has 12 heteroatoms. The van der Waals surface area contributed by atoms with Crippen molar-refractivity contribution in [3.05, 3.63) is 77.0 Å². The minimum Gasteiger partial charge on any atom is -0.494 e. The van der Waals surface area contributed by atoms with Gasteiger partial charge in [0.05, 0.1) is 31.0 Å². The van der Waals surface area contributed by atoms with Crippen molar-refractivity contribution in [2.24, 2.45) is 5.92 Å². The summed E-state index contributed by atoms with van der Waals surface area (Å²) in [5.41, 5.74) is 7.66. The maximum atomic E-state index is 15.1. The Labute approximate surface area is 300 Å². The molecule has 0 spiro atoms. The summed E-state index contributed by atoms with van der Waals surface area (Å²) >= 11 is 0. The molecule has 1 saturated carbocycles.